The van der Waals surface area contributed by atoms with Gasteiger partial charge in [0.25, 0.3) is 0 Å². The van der Waals surface area contributed by atoms with Gasteiger partial charge >= 0.3 is 0 Å². The number of hydrogen-bond donors (Lipinski definition) is 3. The topological polar surface area (TPSA) is 75.1 Å². The molecule has 3 N–H and O–H groups in total. The van der Waals surface area contributed by atoms with Gasteiger partial charge in [-0.15, -0.1) is 0 Å². The SMILES string of the molecule is CCNC(=NCC(CCO)CC(C)C)NCCCOCC1CCCO1. The van der Waals surface area contributed by atoms with Gasteiger partial charge in [-0.3, -0.25) is 4.99 Å². The van der Waals surface area contributed by atoms with Crippen LogP contribution in [0.25, 0.3) is 0 Å². The summed E-state index contributed by atoms with van der Waals surface area (Å²) in [5.41, 5.74) is 0. The summed E-state index contributed by atoms with van der Waals surface area (Å²) in [7, 11) is 0. The molecule has 2 atom stereocenters. The van der Waals surface area contributed by atoms with Crippen LogP contribution in [0.5, 0.6) is 0 Å². The Labute approximate surface area is 153 Å². The quantitative estimate of drug-likeness (QED) is 0.268. The zero-order valence-corrected chi connectivity index (χ0v) is 16.4. The lowest BCUT2D eigenvalue weighted by atomic mass is 9.94. The lowest BCUT2D eigenvalue weighted by Gasteiger charge is -2.17. The maximum Gasteiger partial charge on any atom is 0.191 e. The van der Waals surface area contributed by atoms with Crippen molar-refractivity contribution in [1.29, 1.82) is 0 Å². The minimum atomic E-state index is 0.235. The van der Waals surface area contributed by atoms with Gasteiger partial charge in [0.15, 0.2) is 5.96 Å². The number of ether oxygens (including phenoxy) is 2. The molecule has 1 aliphatic rings. The average molecular weight is 358 g/mol. The maximum absolute atomic E-state index is 9.22. The van der Waals surface area contributed by atoms with Crippen LogP contribution in [0, 0.1) is 11.8 Å². The minimum absolute atomic E-state index is 0.235. The van der Waals surface area contributed by atoms with Crippen LogP contribution in [0.15, 0.2) is 4.99 Å². The zero-order chi connectivity index (χ0) is 18.3. The second kappa shape index (κ2) is 14.3. The van der Waals surface area contributed by atoms with E-state index in [0.717, 1.165) is 70.9 Å². The summed E-state index contributed by atoms with van der Waals surface area (Å²) in [5.74, 6) is 1.92. The van der Waals surface area contributed by atoms with E-state index in [1.165, 1.54) is 0 Å². The van der Waals surface area contributed by atoms with E-state index in [1.807, 2.05) is 0 Å². The summed E-state index contributed by atoms with van der Waals surface area (Å²) in [6.45, 7) is 11.5. The van der Waals surface area contributed by atoms with Gasteiger partial charge in [0.2, 0.25) is 0 Å². The number of guanidine groups is 1. The van der Waals surface area contributed by atoms with E-state index >= 15 is 0 Å². The Morgan fingerprint density at radius 2 is 2.20 bits per heavy atom. The highest BCUT2D eigenvalue weighted by molar-refractivity contribution is 5.79. The molecule has 0 radical (unpaired) electrons. The predicted molar refractivity (Wildman–Crippen MR) is 103 cm³/mol. The number of aliphatic hydroxyl groups is 1. The number of rotatable bonds is 13. The van der Waals surface area contributed by atoms with Gasteiger partial charge in [0.1, 0.15) is 0 Å². The predicted octanol–water partition coefficient (Wildman–Crippen LogP) is 2.17. The molecule has 0 amide bonds. The molecule has 1 saturated heterocycles. The molecule has 0 spiro atoms. The fourth-order valence-corrected chi connectivity index (χ4v) is 3.07. The largest absolute Gasteiger partial charge is 0.396 e. The number of hydrogen-bond acceptors (Lipinski definition) is 4. The number of nitrogens with one attached hydrogen (secondary N) is 2. The third-order valence-corrected chi connectivity index (χ3v) is 4.28. The first kappa shape index (κ1) is 22.2. The van der Waals surface area contributed by atoms with Gasteiger partial charge in [0, 0.05) is 39.5 Å². The van der Waals surface area contributed by atoms with Crippen molar-refractivity contribution in [3.8, 4) is 0 Å². The highest BCUT2D eigenvalue weighted by Gasteiger charge is 2.15. The van der Waals surface area contributed by atoms with E-state index in [4.69, 9.17) is 9.47 Å². The summed E-state index contributed by atoms with van der Waals surface area (Å²) < 4.78 is 11.2. The van der Waals surface area contributed by atoms with E-state index < -0.39 is 0 Å². The molecule has 1 aliphatic heterocycles. The minimum Gasteiger partial charge on any atom is -0.396 e. The Morgan fingerprint density at radius 1 is 1.36 bits per heavy atom. The summed E-state index contributed by atoms with van der Waals surface area (Å²) >= 11 is 0. The van der Waals surface area contributed by atoms with Crippen molar-refractivity contribution in [3.05, 3.63) is 0 Å². The molecule has 2 unspecified atom stereocenters. The van der Waals surface area contributed by atoms with Gasteiger partial charge in [0.05, 0.1) is 12.7 Å². The fraction of sp³-hybridized carbons (Fsp3) is 0.947. The Morgan fingerprint density at radius 3 is 2.84 bits per heavy atom. The van der Waals surface area contributed by atoms with Crippen LogP contribution >= 0.6 is 0 Å². The van der Waals surface area contributed by atoms with Crippen LogP contribution in [0.1, 0.15) is 52.9 Å². The first-order valence-corrected chi connectivity index (χ1v) is 9.98. The van der Waals surface area contributed by atoms with Gasteiger partial charge in [-0.05, 0) is 50.9 Å². The normalized spacial score (nSPS) is 19.4. The number of aliphatic hydroxyl groups excluding tert-OH is 1. The molecule has 0 aliphatic carbocycles. The highest BCUT2D eigenvalue weighted by atomic mass is 16.5. The first-order chi connectivity index (χ1) is 12.2. The van der Waals surface area contributed by atoms with Gasteiger partial charge in [-0.1, -0.05) is 13.8 Å². The molecule has 1 fully saturated rings. The Hall–Kier alpha value is -0.850. The van der Waals surface area contributed by atoms with Crippen LogP contribution in [0.2, 0.25) is 0 Å². The molecule has 6 heteroatoms. The second-order valence-electron chi connectivity index (χ2n) is 7.22. The molecule has 6 nitrogen and oxygen atoms in total. The summed E-state index contributed by atoms with van der Waals surface area (Å²) in [5, 5.41) is 15.9. The fourth-order valence-electron chi connectivity index (χ4n) is 3.07. The molecule has 25 heavy (non-hydrogen) atoms. The van der Waals surface area contributed by atoms with Crippen LogP contribution in [-0.2, 0) is 9.47 Å². The molecular formula is C19H39N3O3. The molecule has 0 saturated carbocycles. The number of aliphatic imine (C=N–C) groups is 1. The molecule has 1 rings (SSSR count). The summed E-state index contributed by atoms with van der Waals surface area (Å²) in [4.78, 5) is 4.69. The van der Waals surface area contributed by atoms with Crippen LogP contribution in [0.3, 0.4) is 0 Å². The van der Waals surface area contributed by atoms with E-state index in [-0.39, 0.29) is 6.61 Å². The highest BCUT2D eigenvalue weighted by Crippen LogP contribution is 2.15. The summed E-state index contributed by atoms with van der Waals surface area (Å²) in [6, 6.07) is 0. The van der Waals surface area contributed by atoms with Crippen molar-refractivity contribution < 1.29 is 14.6 Å². The Bertz CT molecular complexity index is 345. The van der Waals surface area contributed by atoms with Gasteiger partial charge in [-0.2, -0.15) is 0 Å². The molecule has 0 bridgehead atoms. The standard InChI is InChI=1S/C19H39N3O3/c1-4-20-19(22-14-17(8-10-23)13-16(2)3)21-9-6-11-24-15-18-7-5-12-25-18/h16-18,23H,4-15H2,1-3H3,(H2,20,21,22). The summed E-state index contributed by atoms with van der Waals surface area (Å²) in [6.07, 6.45) is 5.45. The van der Waals surface area contributed by atoms with Crippen LogP contribution < -0.4 is 10.6 Å². The maximum atomic E-state index is 9.22. The lowest BCUT2D eigenvalue weighted by Crippen LogP contribution is -2.38. The van der Waals surface area contributed by atoms with Crippen molar-refractivity contribution in [2.75, 3.05) is 46.1 Å². The molecule has 0 aromatic carbocycles. The van der Waals surface area contributed by atoms with Gasteiger partial charge < -0.3 is 25.2 Å². The first-order valence-electron chi connectivity index (χ1n) is 9.98. The van der Waals surface area contributed by atoms with Crippen molar-refractivity contribution >= 4 is 5.96 Å². The lowest BCUT2D eigenvalue weighted by molar-refractivity contribution is 0.0168. The Kier molecular flexibility index (Phi) is 12.7. The number of nitrogens with zero attached hydrogens (tertiary/aromatic N) is 1. The molecule has 0 aromatic rings. The third-order valence-electron chi connectivity index (χ3n) is 4.28. The zero-order valence-electron chi connectivity index (χ0n) is 16.4. The molecular weight excluding hydrogens is 318 g/mol. The van der Waals surface area contributed by atoms with Crippen molar-refractivity contribution in [3.63, 3.8) is 0 Å². The van der Waals surface area contributed by atoms with Crippen molar-refractivity contribution in [1.82, 2.24) is 10.6 Å². The van der Waals surface area contributed by atoms with E-state index in [0.29, 0.717) is 24.5 Å². The van der Waals surface area contributed by atoms with Gasteiger partial charge in [-0.25, -0.2) is 0 Å². The van der Waals surface area contributed by atoms with E-state index in [1.54, 1.807) is 0 Å². The van der Waals surface area contributed by atoms with E-state index in [9.17, 15) is 5.11 Å². The monoisotopic (exact) mass is 357 g/mol. The second-order valence-corrected chi connectivity index (χ2v) is 7.22. The molecule has 148 valence electrons. The third kappa shape index (κ3) is 11.4. The van der Waals surface area contributed by atoms with Crippen molar-refractivity contribution in [2.45, 2.75) is 59.0 Å². The van der Waals surface area contributed by atoms with Crippen LogP contribution in [-0.4, -0.2) is 63.2 Å². The van der Waals surface area contributed by atoms with Crippen molar-refractivity contribution in [2.24, 2.45) is 16.8 Å². The van der Waals surface area contributed by atoms with E-state index in [2.05, 4.69) is 36.4 Å². The smallest absolute Gasteiger partial charge is 0.191 e. The molecule has 1 heterocycles. The molecule has 0 aromatic heterocycles. The Balaban J connectivity index is 2.21. The average Bonchev–Trinajstić information content (AvgIpc) is 3.08. The van der Waals surface area contributed by atoms with Crippen LogP contribution in [0.4, 0.5) is 0 Å².